The number of anilines is 1. The van der Waals surface area contributed by atoms with E-state index in [1.54, 1.807) is 17.8 Å². The van der Waals surface area contributed by atoms with Gasteiger partial charge in [0.05, 0.1) is 21.6 Å². The lowest BCUT2D eigenvalue weighted by Gasteiger charge is -2.26. The summed E-state index contributed by atoms with van der Waals surface area (Å²) < 4.78 is 2.11. The molecule has 2 heterocycles. The molecule has 0 bridgehead atoms. The molecule has 0 aliphatic carbocycles. The maximum absolute atomic E-state index is 13.0. The van der Waals surface area contributed by atoms with Gasteiger partial charge in [0.1, 0.15) is 0 Å². The third-order valence-corrected chi connectivity index (χ3v) is 6.44. The van der Waals surface area contributed by atoms with Gasteiger partial charge in [0.15, 0.2) is 0 Å². The first-order chi connectivity index (χ1) is 14.2. The van der Waals surface area contributed by atoms with Crippen molar-refractivity contribution in [3.8, 4) is 0 Å². The standard InChI is InChI=1S/C22H25ClN4OS/c1-29-16-9-10-18(23)17(15-16)21(28)25-22-24-19-7-3-4-8-20(19)27(22)14-13-26-11-5-2-6-12-26/h3-4,7-10,15H,2,5-6,11-14H2,1H3,(H,24,25,28). The second-order valence-electron chi connectivity index (χ2n) is 7.28. The molecule has 29 heavy (non-hydrogen) atoms. The van der Waals surface area contributed by atoms with E-state index in [9.17, 15) is 4.79 Å². The Morgan fingerprint density at radius 2 is 1.93 bits per heavy atom. The van der Waals surface area contributed by atoms with Crippen molar-refractivity contribution in [3.63, 3.8) is 0 Å². The van der Waals surface area contributed by atoms with Gasteiger partial charge in [-0.25, -0.2) is 4.98 Å². The minimum atomic E-state index is -0.236. The molecule has 4 rings (SSSR count). The first-order valence-electron chi connectivity index (χ1n) is 9.98. The van der Waals surface area contributed by atoms with E-state index >= 15 is 0 Å². The Morgan fingerprint density at radius 1 is 1.14 bits per heavy atom. The van der Waals surface area contributed by atoms with Crippen LogP contribution in [0.3, 0.4) is 0 Å². The van der Waals surface area contributed by atoms with E-state index in [4.69, 9.17) is 11.6 Å². The first-order valence-corrected chi connectivity index (χ1v) is 11.6. The van der Waals surface area contributed by atoms with Crippen molar-refractivity contribution < 1.29 is 4.79 Å². The number of para-hydroxylation sites is 2. The first kappa shape index (κ1) is 20.3. The summed E-state index contributed by atoms with van der Waals surface area (Å²) in [6.07, 6.45) is 5.82. The Hall–Kier alpha value is -2.02. The Kier molecular flexibility index (Phi) is 6.43. The number of nitrogens with zero attached hydrogens (tertiary/aromatic N) is 3. The predicted octanol–water partition coefficient (Wildman–Crippen LogP) is 5.15. The van der Waals surface area contributed by atoms with E-state index in [0.29, 0.717) is 16.5 Å². The average molecular weight is 429 g/mol. The largest absolute Gasteiger partial charge is 0.309 e. The summed E-state index contributed by atoms with van der Waals surface area (Å²) in [5.41, 5.74) is 2.38. The van der Waals surface area contributed by atoms with Crippen molar-refractivity contribution in [2.75, 3.05) is 31.2 Å². The highest BCUT2D eigenvalue weighted by Gasteiger charge is 2.18. The van der Waals surface area contributed by atoms with Gasteiger partial charge in [0, 0.05) is 18.0 Å². The van der Waals surface area contributed by atoms with Crippen LogP contribution in [0.5, 0.6) is 0 Å². The highest BCUT2D eigenvalue weighted by atomic mass is 35.5. The minimum Gasteiger partial charge on any atom is -0.309 e. The molecule has 1 aliphatic heterocycles. The van der Waals surface area contributed by atoms with Crippen LogP contribution in [-0.2, 0) is 6.54 Å². The lowest BCUT2D eigenvalue weighted by atomic mass is 10.1. The third-order valence-electron chi connectivity index (χ3n) is 5.39. The van der Waals surface area contributed by atoms with E-state index < -0.39 is 0 Å². The molecular formula is C22H25ClN4OS. The fourth-order valence-corrected chi connectivity index (χ4v) is 4.44. The second-order valence-corrected chi connectivity index (χ2v) is 8.56. The molecule has 7 heteroatoms. The highest BCUT2D eigenvalue weighted by molar-refractivity contribution is 7.98. The van der Waals surface area contributed by atoms with Crippen LogP contribution in [0, 0.1) is 0 Å². The van der Waals surface area contributed by atoms with Gasteiger partial charge in [-0.05, 0) is 62.5 Å². The fourth-order valence-electron chi connectivity index (χ4n) is 3.80. The molecule has 2 aromatic carbocycles. The smallest absolute Gasteiger partial charge is 0.259 e. The maximum Gasteiger partial charge on any atom is 0.259 e. The molecule has 5 nitrogen and oxygen atoms in total. The lowest BCUT2D eigenvalue weighted by Crippen LogP contribution is -2.32. The van der Waals surface area contributed by atoms with E-state index in [1.807, 2.05) is 36.6 Å². The molecule has 0 atom stereocenters. The van der Waals surface area contributed by atoms with Crippen LogP contribution < -0.4 is 5.32 Å². The zero-order chi connectivity index (χ0) is 20.2. The van der Waals surface area contributed by atoms with Gasteiger partial charge < -0.3 is 9.47 Å². The van der Waals surface area contributed by atoms with Crippen molar-refractivity contribution in [1.29, 1.82) is 0 Å². The number of amides is 1. The van der Waals surface area contributed by atoms with E-state index in [1.165, 1.54) is 19.3 Å². The van der Waals surface area contributed by atoms with Crippen LogP contribution in [-0.4, -0.2) is 46.2 Å². The molecule has 1 fully saturated rings. The summed E-state index contributed by atoms with van der Waals surface area (Å²) >= 11 is 7.87. The second kappa shape index (κ2) is 9.20. The van der Waals surface area contributed by atoms with Gasteiger partial charge in [-0.3, -0.25) is 10.1 Å². The van der Waals surface area contributed by atoms with Gasteiger partial charge in [-0.15, -0.1) is 11.8 Å². The summed E-state index contributed by atoms with van der Waals surface area (Å²) in [6.45, 7) is 4.03. The van der Waals surface area contributed by atoms with Crippen LogP contribution in [0.1, 0.15) is 29.6 Å². The fraction of sp³-hybridized carbons (Fsp3) is 0.364. The number of benzene rings is 2. The number of nitrogens with one attached hydrogen (secondary N) is 1. The number of hydrogen-bond donors (Lipinski definition) is 1. The number of carbonyl (C=O) groups is 1. The number of fused-ring (bicyclic) bond motifs is 1. The zero-order valence-electron chi connectivity index (χ0n) is 16.5. The number of aromatic nitrogens is 2. The number of imidazole rings is 1. The predicted molar refractivity (Wildman–Crippen MR) is 121 cm³/mol. The third kappa shape index (κ3) is 4.60. The van der Waals surface area contributed by atoms with Gasteiger partial charge in [0.2, 0.25) is 5.95 Å². The number of likely N-dealkylation sites (tertiary alicyclic amines) is 1. The quantitative estimate of drug-likeness (QED) is 0.551. The Balaban J connectivity index is 1.60. The molecule has 1 saturated heterocycles. The van der Waals surface area contributed by atoms with Crippen molar-refractivity contribution in [2.45, 2.75) is 30.7 Å². The number of piperidine rings is 1. The van der Waals surface area contributed by atoms with Crippen LogP contribution in [0.4, 0.5) is 5.95 Å². The number of hydrogen-bond acceptors (Lipinski definition) is 4. The van der Waals surface area contributed by atoms with Gasteiger partial charge in [0.25, 0.3) is 5.91 Å². The monoisotopic (exact) mass is 428 g/mol. The highest BCUT2D eigenvalue weighted by Crippen LogP contribution is 2.25. The molecule has 1 N–H and O–H groups in total. The van der Waals surface area contributed by atoms with E-state index in [-0.39, 0.29) is 5.91 Å². The van der Waals surface area contributed by atoms with Crippen LogP contribution in [0.25, 0.3) is 11.0 Å². The Bertz CT molecular complexity index is 1010. The zero-order valence-corrected chi connectivity index (χ0v) is 18.1. The Labute approximate surface area is 180 Å². The summed E-state index contributed by atoms with van der Waals surface area (Å²) in [5, 5.41) is 3.44. The van der Waals surface area contributed by atoms with Crippen molar-refractivity contribution >= 4 is 46.3 Å². The SMILES string of the molecule is CSc1ccc(Cl)c(C(=O)Nc2nc3ccccc3n2CCN2CCCCC2)c1. The molecule has 152 valence electrons. The van der Waals surface area contributed by atoms with Gasteiger partial charge >= 0.3 is 0 Å². The number of rotatable bonds is 6. The summed E-state index contributed by atoms with van der Waals surface area (Å²) in [7, 11) is 0. The molecule has 1 aromatic heterocycles. The molecule has 0 saturated carbocycles. The molecule has 3 aromatic rings. The van der Waals surface area contributed by atoms with Crippen molar-refractivity contribution in [2.24, 2.45) is 0 Å². The van der Waals surface area contributed by atoms with Crippen LogP contribution in [0.2, 0.25) is 5.02 Å². The number of halogens is 1. The topological polar surface area (TPSA) is 50.2 Å². The van der Waals surface area contributed by atoms with Crippen LogP contribution >= 0.6 is 23.4 Å². The maximum atomic E-state index is 13.0. The minimum absolute atomic E-state index is 0.236. The van der Waals surface area contributed by atoms with Crippen molar-refractivity contribution in [1.82, 2.24) is 14.5 Å². The number of carbonyl (C=O) groups excluding carboxylic acids is 1. The molecule has 0 unspecified atom stereocenters. The molecule has 0 spiro atoms. The normalized spacial score (nSPS) is 15.0. The average Bonchev–Trinajstić information content (AvgIpc) is 3.10. The molecule has 0 radical (unpaired) electrons. The Morgan fingerprint density at radius 3 is 2.72 bits per heavy atom. The summed E-state index contributed by atoms with van der Waals surface area (Å²) in [4.78, 5) is 21.1. The number of thioether (sulfide) groups is 1. The van der Waals surface area contributed by atoms with Crippen molar-refractivity contribution in [3.05, 3.63) is 53.1 Å². The summed E-state index contributed by atoms with van der Waals surface area (Å²) in [6, 6.07) is 13.5. The van der Waals surface area contributed by atoms with E-state index in [2.05, 4.69) is 25.8 Å². The summed E-state index contributed by atoms with van der Waals surface area (Å²) in [5.74, 6) is 0.333. The van der Waals surface area contributed by atoms with Crippen LogP contribution in [0.15, 0.2) is 47.4 Å². The van der Waals surface area contributed by atoms with E-state index in [0.717, 1.165) is 42.1 Å². The van der Waals surface area contributed by atoms with Gasteiger partial charge in [-0.2, -0.15) is 0 Å². The molecular weight excluding hydrogens is 404 g/mol. The molecule has 1 amide bonds. The lowest BCUT2D eigenvalue weighted by molar-refractivity contribution is 0.102. The van der Waals surface area contributed by atoms with Gasteiger partial charge in [-0.1, -0.05) is 30.2 Å². The molecule has 1 aliphatic rings.